The van der Waals surface area contributed by atoms with Crippen LogP contribution in [0.5, 0.6) is 0 Å². The summed E-state index contributed by atoms with van der Waals surface area (Å²) in [7, 11) is -3.74. The Morgan fingerprint density at radius 2 is 2.16 bits per heavy atom. The van der Waals surface area contributed by atoms with Crippen molar-refractivity contribution in [2.75, 3.05) is 0 Å². The van der Waals surface area contributed by atoms with Gasteiger partial charge in [-0.1, -0.05) is 15.9 Å². The highest BCUT2D eigenvalue weighted by molar-refractivity contribution is 9.10. The molecule has 1 aromatic carbocycles. The summed E-state index contributed by atoms with van der Waals surface area (Å²) in [6, 6.07) is 4.05. The van der Waals surface area contributed by atoms with Crippen LogP contribution in [-0.2, 0) is 15.6 Å². The van der Waals surface area contributed by atoms with Gasteiger partial charge in [0.05, 0.1) is 10.5 Å². The second-order valence-electron chi connectivity index (χ2n) is 3.63. The summed E-state index contributed by atoms with van der Waals surface area (Å²) in [5.74, 6) is -1.58. The third-order valence-corrected chi connectivity index (χ3v) is 5.42. The first-order valence-electron chi connectivity index (χ1n) is 5.04. The quantitative estimate of drug-likeness (QED) is 0.904. The molecule has 5 nitrogen and oxygen atoms in total. The Morgan fingerprint density at radius 1 is 1.42 bits per heavy atom. The predicted molar refractivity (Wildman–Crippen MR) is 74.1 cm³/mol. The van der Waals surface area contributed by atoms with Crippen molar-refractivity contribution in [3.8, 4) is 0 Å². The lowest BCUT2D eigenvalue weighted by Gasteiger charge is -2.07. The number of sulfone groups is 1. The van der Waals surface area contributed by atoms with Crippen LogP contribution in [0.15, 0.2) is 39.1 Å². The van der Waals surface area contributed by atoms with Crippen molar-refractivity contribution in [2.45, 2.75) is 10.6 Å². The highest BCUT2D eigenvalue weighted by Gasteiger charge is 2.24. The van der Waals surface area contributed by atoms with Crippen molar-refractivity contribution in [1.29, 1.82) is 0 Å². The molecule has 0 fully saturated rings. The zero-order valence-electron chi connectivity index (χ0n) is 9.41. The molecule has 8 heteroatoms. The summed E-state index contributed by atoms with van der Waals surface area (Å²) >= 11 is 4.36. The van der Waals surface area contributed by atoms with Crippen LogP contribution in [0, 0.1) is 0 Å². The first-order valence-corrected chi connectivity index (χ1v) is 8.36. The van der Waals surface area contributed by atoms with Crippen LogP contribution in [0.1, 0.15) is 15.4 Å². The number of hydrogen-bond donors (Lipinski definition) is 1. The molecule has 0 aliphatic heterocycles. The van der Waals surface area contributed by atoms with Gasteiger partial charge in [-0.3, -0.25) is 0 Å². The Labute approximate surface area is 122 Å². The molecule has 19 heavy (non-hydrogen) atoms. The topological polar surface area (TPSA) is 84.3 Å². The molecular weight excluding hydrogens is 354 g/mol. The molecule has 0 aliphatic rings. The van der Waals surface area contributed by atoms with E-state index in [9.17, 15) is 13.2 Å². The molecule has 0 saturated carbocycles. The van der Waals surface area contributed by atoms with Gasteiger partial charge in [-0.05, 0) is 18.2 Å². The third kappa shape index (κ3) is 3.20. The summed E-state index contributed by atoms with van der Waals surface area (Å²) in [6.07, 6.45) is 1.51. The molecule has 1 N–H and O–H groups in total. The number of benzene rings is 1. The highest BCUT2D eigenvalue weighted by Crippen LogP contribution is 2.25. The molecule has 100 valence electrons. The maximum Gasteiger partial charge on any atom is 0.337 e. The molecule has 0 atom stereocenters. The number of thiazole rings is 1. The summed E-state index contributed by atoms with van der Waals surface area (Å²) in [5, 5.41) is 11.2. The van der Waals surface area contributed by atoms with Crippen molar-refractivity contribution >= 4 is 43.1 Å². The molecule has 2 rings (SSSR count). The molecule has 1 heterocycles. The smallest absolute Gasteiger partial charge is 0.337 e. The van der Waals surface area contributed by atoms with Crippen LogP contribution in [0.4, 0.5) is 0 Å². The average Bonchev–Trinajstić information content (AvgIpc) is 2.80. The summed E-state index contributed by atoms with van der Waals surface area (Å²) < 4.78 is 25.0. The molecule has 0 aliphatic carbocycles. The number of halogens is 1. The first kappa shape index (κ1) is 14.2. The predicted octanol–water partition coefficient (Wildman–Crippen LogP) is 2.58. The van der Waals surface area contributed by atoms with Crippen molar-refractivity contribution in [3.63, 3.8) is 0 Å². The lowest BCUT2D eigenvalue weighted by molar-refractivity contribution is 0.0692. The summed E-state index contributed by atoms with van der Waals surface area (Å²) in [5.41, 5.74) is -0.236. The molecule has 2 aromatic rings. The Balaban J connectivity index is 2.50. The molecule has 0 amide bonds. The number of hydrogen-bond acceptors (Lipinski definition) is 5. The molecule has 0 unspecified atom stereocenters. The zero-order chi connectivity index (χ0) is 14.0. The lowest BCUT2D eigenvalue weighted by atomic mass is 10.2. The highest BCUT2D eigenvalue weighted by atomic mass is 79.9. The van der Waals surface area contributed by atoms with Gasteiger partial charge in [-0.2, -0.15) is 0 Å². The van der Waals surface area contributed by atoms with Gasteiger partial charge in [0.25, 0.3) is 0 Å². The van der Waals surface area contributed by atoms with Gasteiger partial charge in [0, 0.05) is 16.0 Å². The van der Waals surface area contributed by atoms with E-state index in [4.69, 9.17) is 5.11 Å². The van der Waals surface area contributed by atoms with Crippen LogP contribution in [-0.4, -0.2) is 24.5 Å². The van der Waals surface area contributed by atoms with Crippen molar-refractivity contribution < 1.29 is 18.3 Å². The molecule has 0 bridgehead atoms. The second-order valence-corrected chi connectivity index (χ2v) is 7.48. The maximum atomic E-state index is 12.3. The minimum Gasteiger partial charge on any atom is -0.478 e. The van der Waals surface area contributed by atoms with E-state index in [-0.39, 0.29) is 16.2 Å². The van der Waals surface area contributed by atoms with E-state index < -0.39 is 15.8 Å². The number of aromatic carboxylic acids is 1. The fourth-order valence-electron chi connectivity index (χ4n) is 1.49. The Hall–Kier alpha value is -1.25. The number of carboxylic acid groups (broad SMARTS) is 1. The average molecular weight is 362 g/mol. The van der Waals surface area contributed by atoms with Crippen LogP contribution in [0.25, 0.3) is 0 Å². The van der Waals surface area contributed by atoms with E-state index in [0.717, 1.165) is 0 Å². The number of carbonyl (C=O) groups is 1. The standard InChI is InChI=1S/C11H8BrNO4S2/c12-7-1-2-8(11(14)15)9(5-7)19(16,17)6-10-13-3-4-18-10/h1-5H,6H2,(H,14,15). The SMILES string of the molecule is O=C(O)c1ccc(Br)cc1S(=O)(=O)Cc1nccs1. The summed E-state index contributed by atoms with van der Waals surface area (Å²) in [6.45, 7) is 0. The van der Waals surface area contributed by atoms with Gasteiger partial charge in [0.2, 0.25) is 0 Å². The van der Waals surface area contributed by atoms with Crippen LogP contribution in [0.3, 0.4) is 0 Å². The number of carboxylic acids is 1. The second kappa shape index (κ2) is 5.40. The minimum absolute atomic E-state index is 0.204. The number of rotatable bonds is 4. The van der Waals surface area contributed by atoms with Crippen LogP contribution < -0.4 is 0 Å². The monoisotopic (exact) mass is 361 g/mol. The van der Waals surface area contributed by atoms with Crippen molar-refractivity contribution in [1.82, 2.24) is 4.98 Å². The fourth-order valence-corrected chi connectivity index (χ4v) is 4.50. The van der Waals surface area contributed by atoms with E-state index in [1.165, 1.54) is 35.7 Å². The van der Waals surface area contributed by atoms with Gasteiger partial charge in [0.15, 0.2) is 9.84 Å². The van der Waals surface area contributed by atoms with Gasteiger partial charge in [-0.15, -0.1) is 11.3 Å². The third-order valence-electron chi connectivity index (χ3n) is 2.31. The Bertz CT molecular complexity index is 710. The first-order chi connectivity index (χ1) is 8.90. The van der Waals surface area contributed by atoms with Gasteiger partial charge in [-0.25, -0.2) is 18.2 Å². The van der Waals surface area contributed by atoms with E-state index in [1.807, 2.05) is 0 Å². The minimum atomic E-state index is -3.74. The van der Waals surface area contributed by atoms with Crippen LogP contribution >= 0.6 is 27.3 Å². The number of nitrogens with zero attached hydrogens (tertiary/aromatic N) is 1. The van der Waals surface area contributed by atoms with E-state index in [1.54, 1.807) is 5.38 Å². The lowest BCUT2D eigenvalue weighted by Crippen LogP contribution is -2.11. The van der Waals surface area contributed by atoms with E-state index >= 15 is 0 Å². The van der Waals surface area contributed by atoms with Crippen molar-refractivity contribution in [2.24, 2.45) is 0 Å². The molecule has 0 saturated heterocycles. The number of aromatic nitrogens is 1. The summed E-state index contributed by atoms with van der Waals surface area (Å²) in [4.78, 5) is 14.8. The maximum absolute atomic E-state index is 12.3. The van der Waals surface area contributed by atoms with Crippen LogP contribution in [0.2, 0.25) is 0 Å². The van der Waals surface area contributed by atoms with Gasteiger partial charge >= 0.3 is 5.97 Å². The normalized spacial score (nSPS) is 11.4. The molecule has 1 aromatic heterocycles. The largest absolute Gasteiger partial charge is 0.478 e. The molecule has 0 spiro atoms. The van der Waals surface area contributed by atoms with Gasteiger partial charge < -0.3 is 5.11 Å². The van der Waals surface area contributed by atoms with E-state index in [0.29, 0.717) is 9.48 Å². The van der Waals surface area contributed by atoms with E-state index in [2.05, 4.69) is 20.9 Å². The molecule has 0 radical (unpaired) electrons. The van der Waals surface area contributed by atoms with Gasteiger partial charge in [0.1, 0.15) is 10.8 Å². The zero-order valence-corrected chi connectivity index (χ0v) is 12.6. The fraction of sp³-hybridized carbons (Fsp3) is 0.0909. The van der Waals surface area contributed by atoms with Crippen molar-refractivity contribution in [3.05, 3.63) is 44.8 Å². The molecular formula is C11H8BrNO4S2. The Morgan fingerprint density at radius 3 is 2.74 bits per heavy atom. The Kier molecular flexibility index (Phi) is 4.02.